The number of para-hydroxylation sites is 1. The first-order valence-corrected chi connectivity index (χ1v) is 7.28. The summed E-state index contributed by atoms with van der Waals surface area (Å²) >= 11 is 6.00. The van der Waals surface area contributed by atoms with Crippen LogP contribution in [-0.2, 0) is 20.7 Å². The molecule has 6 heteroatoms. The minimum atomic E-state index is -0.610. The minimum absolute atomic E-state index is 0.101. The lowest BCUT2D eigenvalue weighted by Gasteiger charge is -2.10. The van der Waals surface area contributed by atoms with Crippen LogP contribution in [0.3, 0.4) is 0 Å². The number of esters is 1. The molecule has 23 heavy (non-hydrogen) atoms. The van der Waals surface area contributed by atoms with Gasteiger partial charge in [-0.05, 0) is 36.2 Å². The van der Waals surface area contributed by atoms with E-state index in [1.165, 1.54) is 18.2 Å². The number of benzene rings is 2. The van der Waals surface area contributed by atoms with Crippen molar-refractivity contribution < 1.29 is 18.7 Å². The number of hydrogen-bond donors (Lipinski definition) is 1. The molecule has 1 amide bonds. The second-order valence-corrected chi connectivity index (χ2v) is 5.35. The lowest BCUT2D eigenvalue weighted by atomic mass is 10.1. The molecule has 0 heterocycles. The van der Waals surface area contributed by atoms with Gasteiger partial charge in [-0.1, -0.05) is 35.9 Å². The topological polar surface area (TPSA) is 55.4 Å². The Balaban J connectivity index is 1.85. The second kappa shape index (κ2) is 7.74. The maximum absolute atomic E-state index is 13.0. The van der Waals surface area contributed by atoms with Crippen LogP contribution in [0, 0.1) is 12.7 Å². The molecule has 2 rings (SSSR count). The van der Waals surface area contributed by atoms with Crippen LogP contribution in [0.25, 0.3) is 0 Å². The van der Waals surface area contributed by atoms with Gasteiger partial charge in [-0.2, -0.15) is 0 Å². The molecule has 0 aliphatic rings. The Hall–Kier alpha value is -2.40. The lowest BCUT2D eigenvalue weighted by molar-refractivity contribution is -0.146. The van der Waals surface area contributed by atoms with Crippen LogP contribution in [0.4, 0.5) is 10.1 Å². The number of aryl methyl sites for hydroxylation is 1. The summed E-state index contributed by atoms with van der Waals surface area (Å²) in [6, 6.07) is 10.9. The fourth-order valence-corrected chi connectivity index (χ4v) is 2.25. The lowest BCUT2D eigenvalue weighted by Crippen LogP contribution is -2.22. The third kappa shape index (κ3) is 5.07. The Labute approximate surface area is 138 Å². The van der Waals surface area contributed by atoms with Crippen molar-refractivity contribution in [3.8, 4) is 0 Å². The van der Waals surface area contributed by atoms with Gasteiger partial charge in [-0.15, -0.1) is 0 Å². The molecular formula is C17H15ClFNO3. The van der Waals surface area contributed by atoms with E-state index in [2.05, 4.69) is 5.32 Å². The zero-order valence-corrected chi connectivity index (χ0v) is 13.2. The number of amides is 1. The summed E-state index contributed by atoms with van der Waals surface area (Å²) in [7, 11) is 0. The number of rotatable bonds is 5. The zero-order valence-electron chi connectivity index (χ0n) is 12.4. The molecule has 4 nitrogen and oxygen atoms in total. The van der Waals surface area contributed by atoms with Gasteiger partial charge in [-0.3, -0.25) is 9.59 Å². The molecule has 0 unspecified atom stereocenters. The molecule has 0 atom stereocenters. The van der Waals surface area contributed by atoms with Gasteiger partial charge in [0.25, 0.3) is 5.91 Å². The molecule has 0 saturated heterocycles. The van der Waals surface area contributed by atoms with Gasteiger partial charge in [0.2, 0.25) is 0 Å². The number of hydrogen-bond acceptors (Lipinski definition) is 3. The van der Waals surface area contributed by atoms with Gasteiger partial charge in [0, 0.05) is 0 Å². The van der Waals surface area contributed by atoms with Gasteiger partial charge in [-0.25, -0.2) is 4.39 Å². The SMILES string of the molecule is Cc1cccc(Cl)c1NC(=O)COC(=O)Cc1cccc(F)c1. The monoisotopic (exact) mass is 335 g/mol. The molecule has 2 aromatic rings. The average molecular weight is 336 g/mol. The number of ether oxygens (including phenoxy) is 1. The van der Waals surface area contributed by atoms with Crippen molar-refractivity contribution in [1.29, 1.82) is 0 Å². The molecule has 0 saturated carbocycles. The molecule has 0 fully saturated rings. The summed E-state index contributed by atoms with van der Waals surface area (Å²) in [5.74, 6) is -1.53. The highest BCUT2D eigenvalue weighted by atomic mass is 35.5. The van der Waals surface area contributed by atoms with E-state index in [0.717, 1.165) is 5.56 Å². The summed E-state index contributed by atoms with van der Waals surface area (Å²) in [5.41, 5.74) is 1.77. The summed E-state index contributed by atoms with van der Waals surface area (Å²) in [6.45, 7) is 1.37. The number of nitrogens with one attached hydrogen (secondary N) is 1. The van der Waals surface area contributed by atoms with E-state index in [-0.39, 0.29) is 6.42 Å². The Kier molecular flexibility index (Phi) is 5.71. The van der Waals surface area contributed by atoms with E-state index in [1.807, 2.05) is 0 Å². The second-order valence-electron chi connectivity index (χ2n) is 4.95. The molecule has 1 N–H and O–H groups in total. The Bertz CT molecular complexity index is 713. The minimum Gasteiger partial charge on any atom is -0.455 e. The van der Waals surface area contributed by atoms with Crippen LogP contribution in [0.2, 0.25) is 5.02 Å². The third-order valence-corrected chi connectivity index (χ3v) is 3.40. The molecular weight excluding hydrogens is 321 g/mol. The fraction of sp³-hybridized carbons (Fsp3) is 0.176. The predicted molar refractivity (Wildman–Crippen MR) is 85.9 cm³/mol. The Morgan fingerprint density at radius 1 is 1.22 bits per heavy atom. The highest BCUT2D eigenvalue weighted by molar-refractivity contribution is 6.33. The van der Waals surface area contributed by atoms with Crippen LogP contribution < -0.4 is 5.32 Å². The van der Waals surface area contributed by atoms with Gasteiger partial charge >= 0.3 is 5.97 Å². The van der Waals surface area contributed by atoms with Crippen molar-refractivity contribution in [3.63, 3.8) is 0 Å². The van der Waals surface area contributed by atoms with Crippen LogP contribution >= 0.6 is 11.6 Å². The van der Waals surface area contributed by atoms with Gasteiger partial charge in [0.15, 0.2) is 6.61 Å². The van der Waals surface area contributed by atoms with Crippen molar-refractivity contribution in [1.82, 2.24) is 0 Å². The largest absolute Gasteiger partial charge is 0.455 e. The summed E-state index contributed by atoms with van der Waals surface area (Å²) in [6.07, 6.45) is -0.101. The number of carbonyl (C=O) groups is 2. The summed E-state index contributed by atoms with van der Waals surface area (Å²) in [5, 5.41) is 3.01. The first-order chi connectivity index (χ1) is 11.0. The Morgan fingerprint density at radius 2 is 1.96 bits per heavy atom. The van der Waals surface area contributed by atoms with E-state index in [9.17, 15) is 14.0 Å². The highest BCUT2D eigenvalue weighted by Crippen LogP contribution is 2.24. The maximum Gasteiger partial charge on any atom is 0.310 e. The quantitative estimate of drug-likeness (QED) is 0.851. The molecule has 0 aliphatic carbocycles. The van der Waals surface area contributed by atoms with E-state index in [1.54, 1.807) is 31.2 Å². The summed E-state index contributed by atoms with van der Waals surface area (Å²) < 4.78 is 17.9. The van der Waals surface area contributed by atoms with E-state index in [0.29, 0.717) is 16.3 Å². The van der Waals surface area contributed by atoms with Crippen molar-refractivity contribution in [2.24, 2.45) is 0 Å². The smallest absolute Gasteiger partial charge is 0.310 e. The molecule has 120 valence electrons. The summed E-state index contributed by atoms with van der Waals surface area (Å²) in [4.78, 5) is 23.5. The van der Waals surface area contributed by atoms with Gasteiger partial charge < -0.3 is 10.1 Å². The Morgan fingerprint density at radius 3 is 2.65 bits per heavy atom. The van der Waals surface area contributed by atoms with E-state index >= 15 is 0 Å². The molecule has 0 radical (unpaired) electrons. The fourth-order valence-electron chi connectivity index (χ4n) is 1.98. The molecule has 0 aromatic heterocycles. The van der Waals surface area contributed by atoms with Crippen molar-refractivity contribution >= 4 is 29.2 Å². The number of anilines is 1. The zero-order chi connectivity index (χ0) is 16.8. The first-order valence-electron chi connectivity index (χ1n) is 6.91. The van der Waals surface area contributed by atoms with E-state index in [4.69, 9.17) is 16.3 Å². The number of carbonyl (C=O) groups excluding carboxylic acids is 2. The van der Waals surface area contributed by atoms with Crippen LogP contribution in [0.15, 0.2) is 42.5 Å². The predicted octanol–water partition coefficient (Wildman–Crippen LogP) is 3.51. The third-order valence-electron chi connectivity index (χ3n) is 3.09. The van der Waals surface area contributed by atoms with Crippen molar-refractivity contribution in [2.45, 2.75) is 13.3 Å². The first kappa shape index (κ1) is 17.0. The molecule has 0 spiro atoms. The normalized spacial score (nSPS) is 10.2. The van der Waals surface area contributed by atoms with Gasteiger partial charge in [0.1, 0.15) is 5.82 Å². The molecule has 2 aromatic carbocycles. The maximum atomic E-state index is 13.0. The van der Waals surface area contributed by atoms with Crippen LogP contribution in [0.1, 0.15) is 11.1 Å². The molecule has 0 bridgehead atoms. The average Bonchev–Trinajstić information content (AvgIpc) is 2.49. The van der Waals surface area contributed by atoms with Gasteiger partial charge in [0.05, 0.1) is 17.1 Å². The number of halogens is 2. The van der Waals surface area contributed by atoms with Crippen LogP contribution in [-0.4, -0.2) is 18.5 Å². The van der Waals surface area contributed by atoms with Crippen molar-refractivity contribution in [3.05, 3.63) is 64.4 Å². The van der Waals surface area contributed by atoms with E-state index < -0.39 is 24.3 Å². The highest BCUT2D eigenvalue weighted by Gasteiger charge is 2.12. The standard InChI is InChI=1S/C17H15ClFNO3/c1-11-4-2-7-14(18)17(11)20-15(21)10-23-16(22)9-12-5-3-6-13(19)8-12/h2-8H,9-10H2,1H3,(H,20,21). The molecule has 0 aliphatic heterocycles. The van der Waals surface area contributed by atoms with Crippen molar-refractivity contribution in [2.75, 3.05) is 11.9 Å². The van der Waals surface area contributed by atoms with Crippen LogP contribution in [0.5, 0.6) is 0 Å².